The van der Waals surface area contributed by atoms with Gasteiger partial charge in [0.05, 0.1) is 0 Å². The van der Waals surface area contributed by atoms with Crippen LogP contribution < -0.4 is 5.32 Å². The van der Waals surface area contributed by atoms with Crippen LogP contribution in [-0.4, -0.2) is 13.1 Å². The van der Waals surface area contributed by atoms with E-state index in [1.807, 2.05) is 0 Å². The Morgan fingerprint density at radius 1 is 0.375 bits per heavy atom. The van der Waals surface area contributed by atoms with Gasteiger partial charge in [-0.1, -0.05) is 64.2 Å². The van der Waals surface area contributed by atoms with Crippen molar-refractivity contribution >= 4 is 12.4 Å². The highest BCUT2D eigenvalue weighted by molar-refractivity contribution is 5.85. The van der Waals surface area contributed by atoms with Gasteiger partial charge in [0.1, 0.15) is 0 Å². The van der Waals surface area contributed by atoms with Gasteiger partial charge >= 0.3 is 0 Å². The van der Waals surface area contributed by atoms with Gasteiger partial charge in [0, 0.05) is 0 Å². The first kappa shape index (κ1) is 16.2. The van der Waals surface area contributed by atoms with Crippen molar-refractivity contribution in [3.05, 3.63) is 0 Å². The number of hydrogen-bond acceptors (Lipinski definition) is 1. The summed E-state index contributed by atoms with van der Waals surface area (Å²) >= 11 is 0. The van der Waals surface area contributed by atoms with Gasteiger partial charge in [-0.05, 0) is 25.9 Å². The normalized spacial score (nSPS) is 22.5. The molecule has 1 rings (SSSR count). The molecule has 1 heterocycles. The molecule has 0 atom stereocenters. The van der Waals surface area contributed by atoms with E-state index in [4.69, 9.17) is 0 Å². The van der Waals surface area contributed by atoms with E-state index in [2.05, 4.69) is 5.32 Å². The largest absolute Gasteiger partial charge is 0.317 e. The van der Waals surface area contributed by atoms with Gasteiger partial charge in [-0.2, -0.15) is 0 Å². The molecule has 0 bridgehead atoms. The second kappa shape index (κ2) is 13.3. The van der Waals surface area contributed by atoms with Crippen LogP contribution in [0, 0.1) is 0 Å². The highest BCUT2D eigenvalue weighted by Crippen LogP contribution is 2.12. The van der Waals surface area contributed by atoms with Crippen LogP contribution in [-0.2, 0) is 0 Å². The number of halogens is 1. The number of hydrogen-bond donors (Lipinski definition) is 1. The summed E-state index contributed by atoms with van der Waals surface area (Å²) in [5, 5.41) is 3.55. The molecule has 16 heavy (non-hydrogen) atoms. The van der Waals surface area contributed by atoms with Crippen molar-refractivity contribution in [3.8, 4) is 0 Å². The summed E-state index contributed by atoms with van der Waals surface area (Å²) < 4.78 is 0. The maximum atomic E-state index is 3.55. The van der Waals surface area contributed by atoms with Crippen LogP contribution in [0.5, 0.6) is 0 Å². The van der Waals surface area contributed by atoms with E-state index in [0.717, 1.165) is 0 Å². The lowest BCUT2D eigenvalue weighted by Crippen LogP contribution is -2.16. The molecule has 0 saturated carbocycles. The van der Waals surface area contributed by atoms with Crippen LogP contribution in [0.25, 0.3) is 0 Å². The summed E-state index contributed by atoms with van der Waals surface area (Å²) in [4.78, 5) is 0. The molecule has 0 aliphatic carbocycles. The Balaban J connectivity index is 0.00000225. The Kier molecular flexibility index (Phi) is 13.5. The highest BCUT2D eigenvalue weighted by atomic mass is 35.5. The third kappa shape index (κ3) is 10.8. The highest BCUT2D eigenvalue weighted by Gasteiger charge is 1.95. The minimum atomic E-state index is 0. The lowest BCUT2D eigenvalue weighted by atomic mass is 10.1. The molecule has 0 radical (unpaired) electrons. The first-order chi connectivity index (χ1) is 7.50. The molecular weight excluding hydrogens is 218 g/mol. The minimum Gasteiger partial charge on any atom is -0.317 e. The van der Waals surface area contributed by atoms with Crippen molar-refractivity contribution < 1.29 is 0 Å². The maximum Gasteiger partial charge on any atom is -0.00489 e. The van der Waals surface area contributed by atoms with Crippen molar-refractivity contribution in [3.63, 3.8) is 0 Å². The summed E-state index contributed by atoms with van der Waals surface area (Å²) in [6.07, 6.45) is 17.4. The van der Waals surface area contributed by atoms with E-state index in [0.29, 0.717) is 0 Å². The first-order valence-corrected chi connectivity index (χ1v) is 7.21. The molecule has 1 aliphatic rings. The van der Waals surface area contributed by atoms with Gasteiger partial charge in [0.2, 0.25) is 0 Å². The molecule has 0 aromatic rings. The summed E-state index contributed by atoms with van der Waals surface area (Å²) in [5.41, 5.74) is 0. The smallest absolute Gasteiger partial charge is 0.00489 e. The molecule has 0 aromatic heterocycles. The van der Waals surface area contributed by atoms with Gasteiger partial charge in [-0.25, -0.2) is 0 Å². The quantitative estimate of drug-likeness (QED) is 0.655. The van der Waals surface area contributed by atoms with E-state index in [1.54, 1.807) is 0 Å². The van der Waals surface area contributed by atoms with Crippen molar-refractivity contribution in [1.29, 1.82) is 0 Å². The Morgan fingerprint density at radius 3 is 0.938 bits per heavy atom. The first-order valence-electron chi connectivity index (χ1n) is 7.21. The Labute approximate surface area is 108 Å². The van der Waals surface area contributed by atoms with E-state index in [1.165, 1.54) is 90.1 Å². The van der Waals surface area contributed by atoms with Crippen molar-refractivity contribution in [1.82, 2.24) is 5.32 Å². The van der Waals surface area contributed by atoms with Crippen molar-refractivity contribution in [2.45, 2.75) is 77.0 Å². The Hall–Kier alpha value is 0.250. The molecule has 2 heteroatoms. The summed E-state index contributed by atoms with van der Waals surface area (Å²) in [6, 6.07) is 0. The zero-order valence-electron chi connectivity index (χ0n) is 10.8. The summed E-state index contributed by atoms with van der Waals surface area (Å²) in [7, 11) is 0. The van der Waals surface area contributed by atoms with Crippen LogP contribution in [0.1, 0.15) is 77.0 Å². The second-order valence-corrected chi connectivity index (χ2v) is 4.99. The van der Waals surface area contributed by atoms with Gasteiger partial charge in [0.25, 0.3) is 0 Å². The lowest BCUT2D eigenvalue weighted by Gasteiger charge is -2.03. The lowest BCUT2D eigenvalue weighted by molar-refractivity contribution is 0.550. The Bertz CT molecular complexity index is 69.3. The molecule has 98 valence electrons. The molecule has 0 amide bonds. The minimum absolute atomic E-state index is 0. The predicted molar refractivity (Wildman–Crippen MR) is 75.5 cm³/mol. The third-order valence-corrected chi connectivity index (χ3v) is 3.46. The standard InChI is InChI=1S/C14H29N.ClH/c1-2-4-6-8-10-12-14-15-13-11-9-7-5-3-1;/h15H,1-14H2;1H. The molecule has 1 nitrogen and oxygen atoms in total. The number of nitrogens with one attached hydrogen (secondary N) is 1. The number of rotatable bonds is 0. The van der Waals surface area contributed by atoms with E-state index < -0.39 is 0 Å². The molecule has 1 saturated heterocycles. The van der Waals surface area contributed by atoms with E-state index in [-0.39, 0.29) is 12.4 Å². The van der Waals surface area contributed by atoms with Crippen LogP contribution >= 0.6 is 12.4 Å². The fourth-order valence-corrected chi connectivity index (χ4v) is 2.39. The molecule has 0 spiro atoms. The van der Waals surface area contributed by atoms with Gasteiger partial charge < -0.3 is 5.32 Å². The average Bonchev–Trinajstić information content (AvgIpc) is 2.27. The van der Waals surface area contributed by atoms with E-state index in [9.17, 15) is 0 Å². The SMILES string of the molecule is C1CCCCCCCNCCCCCC1.Cl. The van der Waals surface area contributed by atoms with Gasteiger partial charge in [-0.3, -0.25) is 0 Å². The maximum absolute atomic E-state index is 3.55. The molecule has 1 fully saturated rings. The molecule has 0 unspecified atom stereocenters. The monoisotopic (exact) mass is 247 g/mol. The topological polar surface area (TPSA) is 12.0 Å². The fourth-order valence-electron chi connectivity index (χ4n) is 2.39. The fraction of sp³-hybridized carbons (Fsp3) is 1.00. The second-order valence-electron chi connectivity index (χ2n) is 4.99. The zero-order chi connectivity index (χ0) is 10.6. The molecule has 1 N–H and O–H groups in total. The average molecular weight is 248 g/mol. The zero-order valence-corrected chi connectivity index (χ0v) is 11.6. The Morgan fingerprint density at radius 2 is 0.625 bits per heavy atom. The van der Waals surface area contributed by atoms with Crippen LogP contribution in [0.2, 0.25) is 0 Å². The van der Waals surface area contributed by atoms with Crippen molar-refractivity contribution in [2.24, 2.45) is 0 Å². The van der Waals surface area contributed by atoms with Gasteiger partial charge in [-0.15, -0.1) is 12.4 Å². The molecular formula is C14H30ClN. The third-order valence-electron chi connectivity index (χ3n) is 3.46. The molecule has 1 aliphatic heterocycles. The van der Waals surface area contributed by atoms with Gasteiger partial charge in [0.15, 0.2) is 0 Å². The summed E-state index contributed by atoms with van der Waals surface area (Å²) in [5.74, 6) is 0. The van der Waals surface area contributed by atoms with Crippen LogP contribution in [0.4, 0.5) is 0 Å². The van der Waals surface area contributed by atoms with Crippen LogP contribution in [0.15, 0.2) is 0 Å². The van der Waals surface area contributed by atoms with E-state index >= 15 is 0 Å². The van der Waals surface area contributed by atoms with Crippen molar-refractivity contribution in [2.75, 3.05) is 13.1 Å². The van der Waals surface area contributed by atoms with Crippen LogP contribution in [0.3, 0.4) is 0 Å². The predicted octanol–water partition coefficient (Wildman–Crippen LogP) is 4.69. The molecule has 0 aromatic carbocycles. The summed E-state index contributed by atoms with van der Waals surface area (Å²) in [6.45, 7) is 2.50.